The summed E-state index contributed by atoms with van der Waals surface area (Å²) in [5.41, 5.74) is 1.98. The van der Waals surface area contributed by atoms with Crippen LogP contribution in [0.4, 0.5) is 11.4 Å². The summed E-state index contributed by atoms with van der Waals surface area (Å²) in [7, 11) is 0. The minimum Gasteiger partial charge on any atom is -0.484 e. The molecule has 1 aromatic heterocycles. The fourth-order valence-corrected chi connectivity index (χ4v) is 3.55. The van der Waals surface area contributed by atoms with E-state index in [2.05, 4.69) is 21.3 Å². The minimum atomic E-state index is -0.185. The molecule has 1 aliphatic rings. The first-order chi connectivity index (χ1) is 13.3. The zero-order valence-electron chi connectivity index (χ0n) is 15.2. The number of hydrogen-bond acceptors (Lipinski definition) is 4. The molecule has 0 bridgehead atoms. The molecular weight excluding hydrogens is 338 g/mol. The fourth-order valence-electron chi connectivity index (χ4n) is 3.55. The lowest BCUT2D eigenvalue weighted by Crippen LogP contribution is -2.29. The second-order valence-corrected chi connectivity index (χ2v) is 6.75. The average Bonchev–Trinajstić information content (AvgIpc) is 2.74. The first-order valence-corrected chi connectivity index (χ1v) is 9.40. The van der Waals surface area contributed by atoms with E-state index in [0.29, 0.717) is 5.75 Å². The average molecular weight is 361 g/mol. The SMILES string of the molecule is O=C(COc1ccccc1)Nc1ccc(N2CCCCC2)c2ccncc12. The summed E-state index contributed by atoms with van der Waals surface area (Å²) in [6, 6.07) is 15.4. The maximum absolute atomic E-state index is 12.3. The Morgan fingerprint density at radius 3 is 2.63 bits per heavy atom. The van der Waals surface area contributed by atoms with Crippen LogP contribution in [0.1, 0.15) is 19.3 Å². The molecule has 0 aliphatic carbocycles. The number of anilines is 2. The van der Waals surface area contributed by atoms with Gasteiger partial charge >= 0.3 is 0 Å². The van der Waals surface area contributed by atoms with Crippen molar-refractivity contribution < 1.29 is 9.53 Å². The van der Waals surface area contributed by atoms with Crippen LogP contribution in [-0.4, -0.2) is 30.6 Å². The van der Waals surface area contributed by atoms with Crippen molar-refractivity contribution in [3.8, 4) is 5.75 Å². The quantitative estimate of drug-likeness (QED) is 0.738. The number of piperidine rings is 1. The van der Waals surface area contributed by atoms with E-state index in [0.717, 1.165) is 29.5 Å². The second-order valence-electron chi connectivity index (χ2n) is 6.75. The van der Waals surface area contributed by atoms with Crippen molar-refractivity contribution in [3.05, 3.63) is 60.9 Å². The highest BCUT2D eigenvalue weighted by molar-refractivity contribution is 6.06. The number of nitrogens with zero attached hydrogens (tertiary/aromatic N) is 2. The van der Waals surface area contributed by atoms with Crippen LogP contribution in [0.3, 0.4) is 0 Å². The molecule has 1 fully saturated rings. The molecule has 0 radical (unpaired) electrons. The highest BCUT2D eigenvalue weighted by atomic mass is 16.5. The molecule has 5 heteroatoms. The predicted molar refractivity (Wildman–Crippen MR) is 108 cm³/mol. The Morgan fingerprint density at radius 1 is 1.00 bits per heavy atom. The number of aromatic nitrogens is 1. The molecule has 0 spiro atoms. The zero-order chi connectivity index (χ0) is 18.5. The maximum Gasteiger partial charge on any atom is 0.262 e. The highest BCUT2D eigenvalue weighted by Crippen LogP contribution is 2.33. The first-order valence-electron chi connectivity index (χ1n) is 9.40. The number of carbonyl (C=O) groups is 1. The summed E-state index contributed by atoms with van der Waals surface area (Å²) in [5, 5.41) is 5.03. The van der Waals surface area contributed by atoms with Crippen LogP contribution in [0.25, 0.3) is 10.8 Å². The zero-order valence-corrected chi connectivity index (χ0v) is 15.2. The monoisotopic (exact) mass is 361 g/mol. The van der Waals surface area contributed by atoms with Gasteiger partial charge in [-0.1, -0.05) is 18.2 Å². The van der Waals surface area contributed by atoms with Crippen molar-refractivity contribution in [1.29, 1.82) is 0 Å². The van der Waals surface area contributed by atoms with Crippen molar-refractivity contribution in [3.63, 3.8) is 0 Å². The molecule has 1 aliphatic heterocycles. The molecule has 2 heterocycles. The molecular formula is C22H23N3O2. The summed E-state index contributed by atoms with van der Waals surface area (Å²) in [4.78, 5) is 19.0. The molecule has 2 aromatic carbocycles. The number of ether oxygens (including phenoxy) is 1. The molecule has 138 valence electrons. The molecule has 0 saturated carbocycles. The smallest absolute Gasteiger partial charge is 0.262 e. The highest BCUT2D eigenvalue weighted by Gasteiger charge is 2.16. The third-order valence-corrected chi connectivity index (χ3v) is 4.88. The lowest BCUT2D eigenvalue weighted by molar-refractivity contribution is -0.118. The van der Waals surface area contributed by atoms with E-state index in [-0.39, 0.29) is 12.5 Å². The summed E-state index contributed by atoms with van der Waals surface area (Å²) in [5.74, 6) is 0.495. The van der Waals surface area contributed by atoms with Crippen LogP contribution in [0.15, 0.2) is 60.9 Å². The molecule has 1 N–H and O–H groups in total. The number of hydrogen-bond donors (Lipinski definition) is 1. The summed E-state index contributed by atoms with van der Waals surface area (Å²) >= 11 is 0. The van der Waals surface area contributed by atoms with Gasteiger partial charge in [0.2, 0.25) is 0 Å². The molecule has 0 unspecified atom stereocenters. The number of amides is 1. The van der Waals surface area contributed by atoms with Gasteiger partial charge in [-0.15, -0.1) is 0 Å². The van der Waals surface area contributed by atoms with Gasteiger partial charge in [-0.2, -0.15) is 0 Å². The minimum absolute atomic E-state index is 0.0281. The molecule has 3 aromatic rings. The van der Waals surface area contributed by atoms with Gasteiger partial charge in [0, 0.05) is 41.9 Å². The second kappa shape index (κ2) is 8.08. The molecule has 4 rings (SSSR count). The standard InChI is InChI=1S/C22H23N3O2/c26-22(16-27-17-7-3-1-4-8-17)24-20-9-10-21(25-13-5-2-6-14-25)18-11-12-23-15-19(18)20/h1,3-4,7-12,15H,2,5-6,13-14,16H2,(H,24,26). The van der Waals surface area contributed by atoms with Crippen molar-refractivity contribution in [1.82, 2.24) is 4.98 Å². The van der Waals surface area contributed by atoms with E-state index in [1.54, 1.807) is 6.20 Å². The molecule has 0 atom stereocenters. The molecule has 1 amide bonds. The Kier molecular flexibility index (Phi) is 5.19. The van der Waals surface area contributed by atoms with Crippen molar-refractivity contribution in [2.45, 2.75) is 19.3 Å². The summed E-state index contributed by atoms with van der Waals surface area (Å²) in [6.07, 6.45) is 7.37. The Labute approximate surface area is 159 Å². The van der Waals surface area contributed by atoms with Gasteiger partial charge in [-0.3, -0.25) is 9.78 Å². The lowest BCUT2D eigenvalue weighted by Gasteiger charge is -2.30. The van der Waals surface area contributed by atoms with E-state index in [1.807, 2.05) is 48.7 Å². The van der Waals surface area contributed by atoms with Crippen molar-refractivity contribution >= 4 is 28.1 Å². The van der Waals surface area contributed by atoms with E-state index in [4.69, 9.17) is 4.74 Å². The Balaban J connectivity index is 1.53. The Bertz CT molecular complexity index is 921. The predicted octanol–water partition coefficient (Wildman–Crippen LogP) is 4.24. The topological polar surface area (TPSA) is 54.5 Å². The van der Waals surface area contributed by atoms with Gasteiger partial charge < -0.3 is 15.0 Å². The van der Waals surface area contributed by atoms with Crippen LogP contribution >= 0.6 is 0 Å². The van der Waals surface area contributed by atoms with Gasteiger partial charge in [0.1, 0.15) is 5.75 Å². The van der Waals surface area contributed by atoms with Crippen LogP contribution < -0.4 is 15.0 Å². The number of carbonyl (C=O) groups excluding carboxylic acids is 1. The van der Waals surface area contributed by atoms with Crippen LogP contribution in [-0.2, 0) is 4.79 Å². The van der Waals surface area contributed by atoms with E-state index < -0.39 is 0 Å². The van der Waals surface area contributed by atoms with Gasteiger partial charge in [0.15, 0.2) is 6.61 Å². The van der Waals surface area contributed by atoms with Gasteiger partial charge in [-0.25, -0.2) is 0 Å². The number of nitrogens with one attached hydrogen (secondary N) is 1. The van der Waals surface area contributed by atoms with Crippen LogP contribution in [0.2, 0.25) is 0 Å². The lowest BCUT2D eigenvalue weighted by atomic mass is 10.1. The van der Waals surface area contributed by atoms with E-state index in [1.165, 1.54) is 24.9 Å². The van der Waals surface area contributed by atoms with E-state index in [9.17, 15) is 4.79 Å². The molecule has 1 saturated heterocycles. The van der Waals surface area contributed by atoms with Gasteiger partial charge in [0.05, 0.1) is 5.69 Å². The van der Waals surface area contributed by atoms with Gasteiger partial charge in [0.25, 0.3) is 5.91 Å². The third-order valence-electron chi connectivity index (χ3n) is 4.88. The first kappa shape index (κ1) is 17.3. The normalized spacial score (nSPS) is 14.1. The number of fused-ring (bicyclic) bond motifs is 1. The molecule has 5 nitrogen and oxygen atoms in total. The fraction of sp³-hybridized carbons (Fsp3) is 0.273. The van der Waals surface area contributed by atoms with Crippen molar-refractivity contribution in [2.24, 2.45) is 0 Å². The number of benzene rings is 2. The number of para-hydroxylation sites is 1. The summed E-state index contributed by atoms with van der Waals surface area (Å²) in [6.45, 7) is 2.13. The van der Waals surface area contributed by atoms with Gasteiger partial charge in [-0.05, 0) is 49.6 Å². The van der Waals surface area contributed by atoms with Crippen LogP contribution in [0.5, 0.6) is 5.75 Å². The van der Waals surface area contributed by atoms with Crippen molar-refractivity contribution in [2.75, 3.05) is 29.9 Å². The van der Waals surface area contributed by atoms with Crippen LogP contribution in [0, 0.1) is 0 Å². The third kappa shape index (κ3) is 4.03. The Hall–Kier alpha value is -3.08. The largest absolute Gasteiger partial charge is 0.484 e. The maximum atomic E-state index is 12.3. The summed E-state index contributed by atoms with van der Waals surface area (Å²) < 4.78 is 5.54. The number of pyridine rings is 1. The van der Waals surface area contributed by atoms with E-state index >= 15 is 0 Å². The Morgan fingerprint density at radius 2 is 1.81 bits per heavy atom. The molecule has 27 heavy (non-hydrogen) atoms. The number of rotatable bonds is 5.